The van der Waals surface area contributed by atoms with Gasteiger partial charge >= 0.3 is 22.4 Å². The number of halogens is 8. The average Bonchev–Trinajstić information content (AvgIpc) is 3.13. The summed E-state index contributed by atoms with van der Waals surface area (Å²) in [6, 6.07) is 2.93. The highest BCUT2D eigenvalue weighted by molar-refractivity contribution is 8.45. The van der Waals surface area contributed by atoms with E-state index in [0.29, 0.717) is 24.5 Å². The molecule has 0 fully saturated rings. The fourth-order valence-electron chi connectivity index (χ4n) is 3.26. The molecule has 1 aromatic carbocycles. The topological polar surface area (TPSA) is 126 Å². The third-order valence-electron chi connectivity index (χ3n) is 5.27. The van der Waals surface area contributed by atoms with Gasteiger partial charge in [-0.25, -0.2) is 9.48 Å². The van der Waals surface area contributed by atoms with Gasteiger partial charge in [0.25, 0.3) is 0 Å². The third-order valence-corrected chi connectivity index (χ3v) is 6.39. The number of benzene rings is 1. The number of rotatable bonds is 8. The van der Waals surface area contributed by atoms with E-state index < -0.39 is 50.9 Å². The Morgan fingerprint density at radius 3 is 2.05 bits per heavy atom. The second-order valence-electron chi connectivity index (χ2n) is 8.17. The van der Waals surface area contributed by atoms with Gasteiger partial charge in [-0.15, -0.1) is 10.2 Å². The Hall–Kier alpha value is -3.90. The second-order valence-corrected chi connectivity index (χ2v) is 10.6. The van der Waals surface area contributed by atoms with Crippen molar-refractivity contribution in [3.63, 3.8) is 0 Å². The fraction of sp³-hybridized carbons (Fsp3) is 0.381. The number of nitrogens with zero attached hydrogens (tertiary/aromatic N) is 5. The van der Waals surface area contributed by atoms with Crippen LogP contribution in [0.1, 0.15) is 29.8 Å². The van der Waals surface area contributed by atoms with Gasteiger partial charge in [-0.2, -0.15) is 17.7 Å². The molecule has 10 nitrogen and oxygen atoms in total. The smallest absolute Gasteiger partial charge is 0.490 e. The summed E-state index contributed by atoms with van der Waals surface area (Å²) in [6.45, 7) is 6.29. The number of methoxy groups -OCH3 is 1. The first-order valence-electron chi connectivity index (χ1n) is 11.1. The lowest BCUT2D eigenvalue weighted by atomic mass is 10.1. The molecule has 0 aliphatic carbocycles. The fourth-order valence-corrected chi connectivity index (χ4v) is 3.95. The summed E-state index contributed by atoms with van der Waals surface area (Å²) >= 11 is 0. The van der Waals surface area contributed by atoms with Gasteiger partial charge < -0.3 is 14.7 Å². The molecular formula is C21H24F8N6O4S. The zero-order valence-corrected chi connectivity index (χ0v) is 22.1. The van der Waals surface area contributed by atoms with Crippen molar-refractivity contribution in [3.8, 4) is 5.75 Å². The summed E-state index contributed by atoms with van der Waals surface area (Å²) in [4.78, 5) is 21.3. The number of alkyl halides is 3. The minimum absolute atomic E-state index is 0.0916. The lowest BCUT2D eigenvalue weighted by Gasteiger charge is -2.40. The van der Waals surface area contributed by atoms with Crippen molar-refractivity contribution in [2.75, 3.05) is 25.1 Å². The normalized spacial score (nSPS) is 13.6. The summed E-state index contributed by atoms with van der Waals surface area (Å²) in [5.74, 6) is -3.67. The monoisotopic (exact) mass is 608 g/mol. The Balaban J connectivity index is 0.000000708. The predicted molar refractivity (Wildman–Crippen MR) is 128 cm³/mol. The molecule has 0 radical (unpaired) electrons. The molecule has 0 aliphatic rings. The summed E-state index contributed by atoms with van der Waals surface area (Å²) < 4.78 is 105. The quantitative estimate of drug-likeness (QED) is 0.261. The zero-order valence-electron chi connectivity index (χ0n) is 21.3. The number of ketones is 1. The number of hydrogen-bond donors (Lipinski definition) is 2. The molecule has 0 saturated heterocycles. The molecular weight excluding hydrogens is 584 g/mol. The summed E-state index contributed by atoms with van der Waals surface area (Å²) in [5, 5.41) is 24.0. The van der Waals surface area contributed by atoms with E-state index in [1.807, 2.05) is 18.7 Å². The van der Waals surface area contributed by atoms with Crippen LogP contribution in [0.5, 0.6) is 5.75 Å². The number of Topliss-reactive ketones (excluding diaryl/α,β-unsaturated/α-hetero) is 1. The van der Waals surface area contributed by atoms with Crippen molar-refractivity contribution >= 4 is 33.4 Å². The van der Waals surface area contributed by atoms with Crippen molar-refractivity contribution in [1.29, 1.82) is 5.41 Å². The highest BCUT2D eigenvalue weighted by Crippen LogP contribution is 3.02. The second kappa shape index (κ2) is 10.3. The van der Waals surface area contributed by atoms with Gasteiger partial charge in [-0.3, -0.25) is 10.2 Å². The maximum Gasteiger partial charge on any atom is 0.490 e. The van der Waals surface area contributed by atoms with Crippen molar-refractivity contribution in [3.05, 3.63) is 41.0 Å². The molecule has 2 heterocycles. The number of carbonyl (C=O) groups excluding carboxylic acids is 1. The first-order valence-corrected chi connectivity index (χ1v) is 13.0. The van der Waals surface area contributed by atoms with Gasteiger partial charge in [0.15, 0.2) is 11.4 Å². The van der Waals surface area contributed by atoms with Gasteiger partial charge in [-0.05, 0) is 44.5 Å². The summed E-state index contributed by atoms with van der Waals surface area (Å²) in [7, 11) is -9.05. The molecule has 224 valence electrons. The number of carboxylic acids is 1. The Morgan fingerprint density at radius 1 is 1.05 bits per heavy atom. The minimum atomic E-state index is -10.1. The van der Waals surface area contributed by atoms with Gasteiger partial charge in [0.1, 0.15) is 23.0 Å². The predicted octanol–water partition coefficient (Wildman–Crippen LogP) is 5.35. The summed E-state index contributed by atoms with van der Waals surface area (Å²) in [6.07, 6.45) is -5.08. The standard InChI is InChI=1S/C19H23F5N6O2S.C2HF3O2/c1-5-28(6-2)17-7-12(3)18-27-29(19(25)30(18)26-17)11-16(31)13-8-14(32-4)10-15(9-13)33(20,21,22,23)24;3-2(4,5)1(6)7/h7-10,25H,5-6,11H2,1-4H3;(H,6,7). The number of anilines is 1. The number of carbonyl (C=O) groups is 2. The SMILES string of the molecule is CCN(CC)c1cc(C)c2nn(CC(=O)c3cc(OC)cc(S(F)(F)(F)(F)F)c3)c(=N)n2n1.O=C(O)C(F)(F)F. The molecule has 2 aromatic heterocycles. The van der Waals surface area contributed by atoms with E-state index in [-0.39, 0.29) is 23.4 Å². The average molecular weight is 609 g/mol. The summed E-state index contributed by atoms with van der Waals surface area (Å²) in [5.41, 5.74) is -0.000386. The maximum absolute atomic E-state index is 13.3. The molecule has 0 spiro atoms. The molecule has 0 aliphatic heterocycles. The van der Waals surface area contributed by atoms with Crippen LogP contribution < -0.4 is 15.3 Å². The van der Waals surface area contributed by atoms with Gasteiger partial charge in [0.2, 0.25) is 5.62 Å². The lowest BCUT2D eigenvalue weighted by molar-refractivity contribution is -0.192. The van der Waals surface area contributed by atoms with E-state index in [2.05, 4.69) is 14.9 Å². The molecule has 0 saturated carbocycles. The molecule has 3 aromatic rings. The molecule has 0 atom stereocenters. The highest BCUT2D eigenvalue weighted by Gasteiger charge is 2.65. The third kappa shape index (κ3) is 7.60. The van der Waals surface area contributed by atoms with Gasteiger partial charge in [0.05, 0.1) is 7.11 Å². The maximum atomic E-state index is 13.3. The molecule has 0 amide bonds. The molecule has 0 bridgehead atoms. The van der Waals surface area contributed by atoms with Crippen LogP contribution in [0.2, 0.25) is 0 Å². The van der Waals surface area contributed by atoms with Crippen LogP contribution in [0.3, 0.4) is 0 Å². The van der Waals surface area contributed by atoms with Crippen molar-refractivity contribution in [1.82, 2.24) is 19.4 Å². The number of ether oxygens (including phenoxy) is 1. The van der Waals surface area contributed by atoms with E-state index in [1.165, 1.54) is 4.52 Å². The van der Waals surface area contributed by atoms with E-state index in [9.17, 15) is 37.4 Å². The van der Waals surface area contributed by atoms with Gasteiger partial charge in [-0.1, -0.05) is 19.4 Å². The Kier molecular flexibility index (Phi) is 8.28. The van der Waals surface area contributed by atoms with Crippen LogP contribution in [0.25, 0.3) is 5.65 Å². The van der Waals surface area contributed by atoms with Crippen molar-refractivity contribution in [2.24, 2.45) is 0 Å². The van der Waals surface area contributed by atoms with Crippen LogP contribution in [0, 0.1) is 12.3 Å². The van der Waals surface area contributed by atoms with E-state index in [0.717, 1.165) is 17.9 Å². The first-order chi connectivity index (χ1) is 18.0. The van der Waals surface area contributed by atoms with Crippen LogP contribution in [-0.2, 0) is 11.3 Å². The number of carboxylic acid groups (broad SMARTS) is 1. The Labute approximate surface area is 221 Å². The molecule has 2 N–H and O–H groups in total. The van der Waals surface area contributed by atoms with Crippen LogP contribution >= 0.6 is 10.2 Å². The molecule has 0 unspecified atom stereocenters. The van der Waals surface area contributed by atoms with Crippen LogP contribution in [-0.4, -0.2) is 62.6 Å². The largest absolute Gasteiger partial charge is 0.497 e. The van der Waals surface area contributed by atoms with E-state index >= 15 is 0 Å². The minimum Gasteiger partial charge on any atom is -0.497 e. The number of aryl methyl sites for hydroxylation is 1. The van der Waals surface area contributed by atoms with Gasteiger partial charge in [0, 0.05) is 24.7 Å². The first kappa shape index (κ1) is 32.3. The number of nitrogens with one attached hydrogen (secondary N) is 1. The van der Waals surface area contributed by atoms with Crippen molar-refractivity contribution < 1.29 is 52.0 Å². The molecule has 19 heteroatoms. The van der Waals surface area contributed by atoms with E-state index in [1.54, 1.807) is 13.0 Å². The number of aliphatic carboxylic acids is 1. The Morgan fingerprint density at radius 2 is 1.60 bits per heavy atom. The molecule has 40 heavy (non-hydrogen) atoms. The lowest BCUT2D eigenvalue weighted by Crippen LogP contribution is -2.28. The van der Waals surface area contributed by atoms with Crippen LogP contribution in [0.4, 0.5) is 38.4 Å². The number of aromatic nitrogens is 4. The van der Waals surface area contributed by atoms with E-state index in [4.69, 9.17) is 15.3 Å². The highest BCUT2D eigenvalue weighted by atomic mass is 32.5. The zero-order chi connectivity index (χ0) is 30.9. The number of hydrogen-bond acceptors (Lipinski definition) is 7. The number of fused-ring (bicyclic) bond motifs is 1. The molecule has 3 rings (SSSR count). The van der Waals surface area contributed by atoms with Crippen LogP contribution in [0.15, 0.2) is 29.2 Å². The van der Waals surface area contributed by atoms with Crippen molar-refractivity contribution in [2.45, 2.75) is 38.4 Å². The Bertz CT molecular complexity index is 1500.